The lowest BCUT2D eigenvalue weighted by Gasteiger charge is -2.34. The summed E-state index contributed by atoms with van der Waals surface area (Å²) in [5, 5.41) is 3.19. The van der Waals surface area contributed by atoms with Gasteiger partial charge in [-0.05, 0) is 24.3 Å². The Morgan fingerprint density at radius 1 is 1.12 bits per heavy atom. The monoisotopic (exact) mass is 420 g/mol. The Balaban J connectivity index is 0.00000243. The van der Waals surface area contributed by atoms with Crippen LogP contribution in [0.25, 0.3) is 0 Å². The van der Waals surface area contributed by atoms with Gasteiger partial charge in [-0.3, -0.25) is 0 Å². The number of halogens is 1. The van der Waals surface area contributed by atoms with Crippen LogP contribution in [0.4, 0.5) is 0 Å². The molecule has 0 saturated carbocycles. The fourth-order valence-corrected chi connectivity index (χ4v) is 5.10. The average molecular weight is 421 g/mol. The molecule has 1 N–H and O–H groups in total. The van der Waals surface area contributed by atoms with Crippen molar-refractivity contribution >= 4 is 32.3 Å². The second kappa shape index (κ2) is 7.65. The Morgan fingerprint density at radius 2 is 1.73 bits per heavy atom. The molecule has 0 bridgehead atoms. The maximum absolute atomic E-state index is 13.1. The summed E-state index contributed by atoms with van der Waals surface area (Å²) in [6.07, 6.45) is 4.50. The minimum absolute atomic E-state index is 0. The van der Waals surface area contributed by atoms with Crippen molar-refractivity contribution in [1.82, 2.24) is 19.2 Å². The highest BCUT2D eigenvalue weighted by Gasteiger charge is 2.36. The van der Waals surface area contributed by atoms with Crippen molar-refractivity contribution in [3.63, 3.8) is 0 Å². The Hall–Kier alpha value is -1.46. The summed E-state index contributed by atoms with van der Waals surface area (Å²) in [6.45, 7) is 1.32. The van der Waals surface area contributed by atoms with Crippen LogP contribution in [-0.4, -0.2) is 56.6 Å². The Labute approximate surface area is 159 Å². The summed E-state index contributed by atoms with van der Waals surface area (Å²) in [5.41, 5.74) is 0. The zero-order valence-electron chi connectivity index (χ0n) is 14.4. The number of hydrogen-bond acceptors (Lipinski definition) is 6. The zero-order chi connectivity index (χ0) is 18.2. The van der Waals surface area contributed by atoms with Crippen LogP contribution in [0.3, 0.4) is 0 Å². The van der Waals surface area contributed by atoms with Crippen molar-refractivity contribution in [3.05, 3.63) is 42.5 Å². The Morgan fingerprint density at radius 3 is 2.27 bits per heavy atom. The molecule has 1 fully saturated rings. The third kappa shape index (κ3) is 3.94. The van der Waals surface area contributed by atoms with Crippen LogP contribution >= 0.6 is 12.4 Å². The maximum Gasteiger partial charge on any atom is 0.243 e. The number of sulfone groups is 1. The molecule has 1 aromatic heterocycles. The van der Waals surface area contributed by atoms with Crippen molar-refractivity contribution in [2.75, 3.05) is 25.9 Å². The summed E-state index contributed by atoms with van der Waals surface area (Å²) in [5.74, 6) is 0.656. The van der Waals surface area contributed by atoms with Gasteiger partial charge in [0.2, 0.25) is 10.0 Å². The summed E-state index contributed by atoms with van der Waals surface area (Å²) in [4.78, 5) is 4.44. The number of aryl methyl sites for hydroxylation is 1. The van der Waals surface area contributed by atoms with Gasteiger partial charge in [0.25, 0.3) is 0 Å². The van der Waals surface area contributed by atoms with Gasteiger partial charge < -0.3 is 9.88 Å². The summed E-state index contributed by atoms with van der Waals surface area (Å²) in [7, 11) is -5.32. The second-order valence-electron chi connectivity index (χ2n) is 5.98. The highest BCUT2D eigenvalue weighted by Crippen LogP contribution is 2.28. The van der Waals surface area contributed by atoms with Crippen molar-refractivity contribution < 1.29 is 16.8 Å². The number of imidazole rings is 1. The number of sulfonamides is 1. The van der Waals surface area contributed by atoms with Crippen molar-refractivity contribution in [2.45, 2.75) is 15.8 Å². The predicted molar refractivity (Wildman–Crippen MR) is 99.5 cm³/mol. The number of nitrogens with zero attached hydrogens (tertiary/aromatic N) is 3. The van der Waals surface area contributed by atoms with Crippen LogP contribution in [0.5, 0.6) is 0 Å². The zero-order valence-corrected chi connectivity index (χ0v) is 16.8. The van der Waals surface area contributed by atoms with Gasteiger partial charge in [-0.1, -0.05) is 0 Å². The van der Waals surface area contributed by atoms with Crippen molar-refractivity contribution in [2.24, 2.45) is 7.05 Å². The minimum Gasteiger partial charge on any atom is -0.337 e. The smallest absolute Gasteiger partial charge is 0.243 e. The highest BCUT2D eigenvalue weighted by molar-refractivity contribution is 7.90. The number of aromatic nitrogens is 2. The second-order valence-corrected chi connectivity index (χ2v) is 9.88. The van der Waals surface area contributed by atoms with Gasteiger partial charge in [0.05, 0.1) is 15.8 Å². The first kappa shape index (κ1) is 20.8. The number of benzene rings is 1. The molecule has 1 aliphatic heterocycles. The fourth-order valence-electron chi connectivity index (χ4n) is 2.89. The van der Waals surface area contributed by atoms with E-state index < -0.39 is 25.9 Å². The van der Waals surface area contributed by atoms with Gasteiger partial charge in [-0.15, -0.1) is 12.4 Å². The maximum atomic E-state index is 13.1. The molecule has 1 aromatic carbocycles. The van der Waals surface area contributed by atoms with E-state index in [4.69, 9.17) is 0 Å². The lowest BCUT2D eigenvalue weighted by molar-refractivity contribution is 0.258. The first-order valence-electron chi connectivity index (χ1n) is 7.71. The van der Waals surface area contributed by atoms with Gasteiger partial charge in [0, 0.05) is 45.3 Å². The van der Waals surface area contributed by atoms with Crippen LogP contribution in [0.2, 0.25) is 0 Å². The third-order valence-corrected chi connectivity index (χ3v) is 7.26. The van der Waals surface area contributed by atoms with Gasteiger partial charge >= 0.3 is 0 Å². The number of rotatable bonds is 4. The lowest BCUT2D eigenvalue weighted by Crippen LogP contribution is -2.49. The first-order chi connectivity index (χ1) is 11.7. The Bertz CT molecular complexity index is 971. The molecule has 1 aliphatic rings. The van der Waals surface area contributed by atoms with Crippen molar-refractivity contribution in [1.29, 1.82) is 0 Å². The van der Waals surface area contributed by atoms with E-state index in [0.29, 0.717) is 25.5 Å². The lowest BCUT2D eigenvalue weighted by atomic mass is 10.2. The number of hydrogen-bond donors (Lipinski definition) is 1. The first-order valence-corrected chi connectivity index (χ1v) is 11.0. The Kier molecular flexibility index (Phi) is 6.13. The van der Waals surface area contributed by atoms with Crippen LogP contribution in [0.1, 0.15) is 11.9 Å². The largest absolute Gasteiger partial charge is 0.337 e. The van der Waals surface area contributed by atoms with Gasteiger partial charge in [-0.2, -0.15) is 4.31 Å². The molecule has 1 unspecified atom stereocenters. The van der Waals surface area contributed by atoms with E-state index in [2.05, 4.69) is 10.3 Å². The molecule has 26 heavy (non-hydrogen) atoms. The molecule has 8 nitrogen and oxygen atoms in total. The minimum atomic E-state index is -3.77. The molecular weight excluding hydrogens is 400 g/mol. The van der Waals surface area contributed by atoms with Crippen LogP contribution in [0.15, 0.2) is 46.5 Å². The summed E-state index contributed by atoms with van der Waals surface area (Å²) >= 11 is 0. The molecule has 2 aromatic rings. The molecule has 144 valence electrons. The third-order valence-electron chi connectivity index (χ3n) is 4.21. The van der Waals surface area contributed by atoms with E-state index in [0.717, 1.165) is 6.26 Å². The molecule has 0 aliphatic carbocycles. The molecule has 11 heteroatoms. The molecule has 3 rings (SSSR count). The molecule has 2 heterocycles. The number of piperazine rings is 1. The van der Waals surface area contributed by atoms with E-state index in [1.807, 2.05) is 7.05 Å². The van der Waals surface area contributed by atoms with E-state index in [9.17, 15) is 16.8 Å². The quantitative estimate of drug-likeness (QED) is 0.776. The van der Waals surface area contributed by atoms with Crippen LogP contribution < -0.4 is 5.32 Å². The summed E-state index contributed by atoms with van der Waals surface area (Å²) in [6, 6.07) is 4.89. The molecule has 0 amide bonds. The predicted octanol–water partition coefficient (Wildman–Crippen LogP) is 0.581. The highest BCUT2D eigenvalue weighted by atomic mass is 35.5. The summed E-state index contributed by atoms with van der Waals surface area (Å²) < 4.78 is 52.5. The van der Waals surface area contributed by atoms with Crippen molar-refractivity contribution in [3.8, 4) is 0 Å². The molecule has 0 spiro atoms. The van der Waals surface area contributed by atoms with E-state index in [1.54, 1.807) is 17.0 Å². The molecular formula is C15H21ClN4O4S2. The fraction of sp³-hybridized carbons (Fsp3) is 0.400. The SMILES string of the molecule is Cl.Cn1ccnc1C1CNCCN1S(=O)(=O)c1ccc(S(C)(=O)=O)cc1. The topological polar surface area (TPSA) is 101 Å². The van der Waals surface area contributed by atoms with Gasteiger partial charge in [0.15, 0.2) is 9.84 Å². The molecule has 1 atom stereocenters. The normalized spacial score (nSPS) is 19.1. The van der Waals surface area contributed by atoms with E-state index in [1.165, 1.54) is 28.6 Å². The number of nitrogens with one attached hydrogen (secondary N) is 1. The van der Waals surface area contributed by atoms with Crippen LogP contribution in [0, 0.1) is 0 Å². The molecule has 0 radical (unpaired) electrons. The van der Waals surface area contributed by atoms with E-state index in [-0.39, 0.29) is 22.2 Å². The van der Waals surface area contributed by atoms with Gasteiger partial charge in [0.1, 0.15) is 5.82 Å². The average Bonchev–Trinajstić information content (AvgIpc) is 3.00. The molecule has 1 saturated heterocycles. The standard InChI is InChI=1S/C15H20N4O4S2.ClH/c1-18-9-8-17-15(18)14-11-16-7-10-19(14)25(22,23)13-5-3-12(4-6-13)24(2,20)21;/h3-6,8-9,14,16H,7,10-11H2,1-2H3;1H. The van der Waals surface area contributed by atoms with Gasteiger partial charge in [-0.25, -0.2) is 21.8 Å². The van der Waals surface area contributed by atoms with E-state index >= 15 is 0 Å². The van der Waals surface area contributed by atoms with Crippen LogP contribution in [-0.2, 0) is 26.9 Å².